The predicted molar refractivity (Wildman–Crippen MR) is 86.0 cm³/mol. The maximum Gasteiger partial charge on any atom is 0.164 e. The van der Waals surface area contributed by atoms with Crippen LogP contribution in [0.1, 0.15) is 11.1 Å². The van der Waals surface area contributed by atoms with Crippen LogP contribution in [0.2, 0.25) is 0 Å². The molecule has 0 N–H and O–H groups in total. The average Bonchev–Trinajstić information content (AvgIpc) is 2.59. The summed E-state index contributed by atoms with van der Waals surface area (Å²) in [4.78, 5) is 0. The Morgan fingerprint density at radius 3 is 2.17 bits per heavy atom. The van der Waals surface area contributed by atoms with Gasteiger partial charge in [0.05, 0.1) is 33.0 Å². The third-order valence-corrected chi connectivity index (χ3v) is 3.32. The van der Waals surface area contributed by atoms with Crippen molar-refractivity contribution in [3.8, 4) is 23.3 Å². The molecule has 0 unspecified atom stereocenters. The Balaban J connectivity index is 2.60. The molecule has 0 saturated carbocycles. The number of allylic oxidation sites excluding steroid dienone is 1. The van der Waals surface area contributed by atoms with Crippen molar-refractivity contribution in [3.05, 3.63) is 53.3 Å². The van der Waals surface area contributed by atoms with E-state index in [0.717, 1.165) is 0 Å². The van der Waals surface area contributed by atoms with E-state index in [0.29, 0.717) is 22.8 Å². The Bertz CT molecular complexity index is 778. The van der Waals surface area contributed by atoms with E-state index in [1.807, 2.05) is 6.07 Å². The molecule has 0 aromatic heterocycles. The first kappa shape index (κ1) is 16.4. The second kappa shape index (κ2) is 7.32. The summed E-state index contributed by atoms with van der Waals surface area (Å²) in [6.07, 6.45) is 1.55. The maximum absolute atomic E-state index is 13.9. The molecule has 0 aliphatic heterocycles. The first-order valence-electron chi connectivity index (χ1n) is 6.81. The molecule has 23 heavy (non-hydrogen) atoms. The van der Waals surface area contributed by atoms with Gasteiger partial charge in [0.1, 0.15) is 11.6 Å². The van der Waals surface area contributed by atoms with Gasteiger partial charge in [0.25, 0.3) is 0 Å². The van der Waals surface area contributed by atoms with Crippen LogP contribution >= 0.6 is 0 Å². The molecular formula is C18H16FNO3. The molecule has 0 amide bonds. The highest BCUT2D eigenvalue weighted by atomic mass is 19.1. The number of nitrogens with zero attached hydrogens (tertiary/aromatic N) is 1. The Morgan fingerprint density at radius 1 is 1.00 bits per heavy atom. The van der Waals surface area contributed by atoms with Crippen LogP contribution in [0.3, 0.4) is 0 Å². The van der Waals surface area contributed by atoms with E-state index in [4.69, 9.17) is 14.2 Å². The van der Waals surface area contributed by atoms with Crippen LogP contribution in [0.4, 0.5) is 4.39 Å². The highest BCUT2D eigenvalue weighted by Gasteiger charge is 2.13. The normalized spacial score (nSPS) is 10.8. The first-order chi connectivity index (χ1) is 11.1. The SMILES string of the molecule is COc1cc(OC)c(OC)cc1/C=C(/C#N)c1ccccc1F. The Morgan fingerprint density at radius 2 is 1.61 bits per heavy atom. The first-order valence-corrected chi connectivity index (χ1v) is 6.81. The molecule has 0 atom stereocenters. The molecule has 0 saturated heterocycles. The fraction of sp³-hybridized carbons (Fsp3) is 0.167. The number of hydrogen-bond acceptors (Lipinski definition) is 4. The zero-order valence-electron chi connectivity index (χ0n) is 13.1. The van der Waals surface area contributed by atoms with Crippen molar-refractivity contribution in [2.45, 2.75) is 0 Å². The minimum absolute atomic E-state index is 0.189. The predicted octanol–water partition coefficient (Wildman–Crippen LogP) is 3.92. The minimum atomic E-state index is -0.459. The van der Waals surface area contributed by atoms with Crippen molar-refractivity contribution < 1.29 is 18.6 Å². The van der Waals surface area contributed by atoms with E-state index >= 15 is 0 Å². The number of rotatable bonds is 5. The van der Waals surface area contributed by atoms with E-state index in [2.05, 4.69) is 0 Å². The molecule has 0 fully saturated rings. The molecule has 118 valence electrons. The van der Waals surface area contributed by atoms with Crippen LogP contribution in [0.5, 0.6) is 17.2 Å². The topological polar surface area (TPSA) is 51.5 Å². The highest BCUT2D eigenvalue weighted by Crippen LogP contribution is 2.36. The summed E-state index contributed by atoms with van der Waals surface area (Å²) in [7, 11) is 4.54. The summed E-state index contributed by atoms with van der Waals surface area (Å²) in [5.41, 5.74) is 1.01. The Kier molecular flexibility index (Phi) is 5.21. The van der Waals surface area contributed by atoms with Crippen LogP contribution in [-0.4, -0.2) is 21.3 Å². The molecule has 4 nitrogen and oxygen atoms in total. The molecule has 2 rings (SSSR count). The van der Waals surface area contributed by atoms with Crippen molar-refractivity contribution in [2.24, 2.45) is 0 Å². The van der Waals surface area contributed by atoms with E-state index < -0.39 is 5.82 Å². The number of nitriles is 1. The van der Waals surface area contributed by atoms with Gasteiger partial charge >= 0.3 is 0 Å². The van der Waals surface area contributed by atoms with Gasteiger partial charge in [0.15, 0.2) is 11.5 Å². The largest absolute Gasteiger partial charge is 0.496 e. The number of ether oxygens (including phenoxy) is 3. The van der Waals surface area contributed by atoms with E-state index in [9.17, 15) is 9.65 Å². The van der Waals surface area contributed by atoms with Gasteiger partial charge in [-0.1, -0.05) is 18.2 Å². The lowest BCUT2D eigenvalue weighted by molar-refractivity contribution is 0.348. The highest BCUT2D eigenvalue weighted by molar-refractivity contribution is 5.91. The summed E-state index contributed by atoms with van der Waals surface area (Å²) in [6.45, 7) is 0. The van der Waals surface area contributed by atoms with Crippen molar-refractivity contribution >= 4 is 11.6 Å². The molecule has 5 heteroatoms. The quantitative estimate of drug-likeness (QED) is 0.620. The average molecular weight is 313 g/mol. The third kappa shape index (κ3) is 3.43. The van der Waals surface area contributed by atoms with Gasteiger partial charge in [-0.2, -0.15) is 5.26 Å². The Hall–Kier alpha value is -3.00. The number of hydrogen-bond donors (Lipinski definition) is 0. The van der Waals surface area contributed by atoms with Crippen LogP contribution in [-0.2, 0) is 0 Å². The summed E-state index contributed by atoms with van der Waals surface area (Å²) in [5, 5.41) is 9.37. The lowest BCUT2D eigenvalue weighted by atomic mass is 10.0. The summed E-state index contributed by atoms with van der Waals surface area (Å²) in [6, 6.07) is 11.5. The van der Waals surface area contributed by atoms with Gasteiger partial charge in [0.2, 0.25) is 0 Å². The maximum atomic E-state index is 13.9. The van der Waals surface area contributed by atoms with E-state index in [1.54, 1.807) is 36.4 Å². The number of methoxy groups -OCH3 is 3. The molecule has 0 aliphatic carbocycles. The van der Waals surface area contributed by atoms with Crippen LogP contribution in [0.15, 0.2) is 36.4 Å². The van der Waals surface area contributed by atoms with E-state index in [1.165, 1.54) is 27.4 Å². The lowest BCUT2D eigenvalue weighted by Crippen LogP contribution is -1.95. The van der Waals surface area contributed by atoms with Gasteiger partial charge < -0.3 is 14.2 Å². The third-order valence-electron chi connectivity index (χ3n) is 3.32. The minimum Gasteiger partial charge on any atom is -0.496 e. The summed E-state index contributed by atoms with van der Waals surface area (Å²) in [5.74, 6) is 1.03. The van der Waals surface area contributed by atoms with Crippen molar-refractivity contribution in [1.82, 2.24) is 0 Å². The molecular weight excluding hydrogens is 297 g/mol. The molecule has 0 aliphatic rings. The van der Waals surface area contributed by atoms with Gasteiger partial charge in [-0.05, 0) is 18.2 Å². The second-order valence-electron chi connectivity index (χ2n) is 4.60. The van der Waals surface area contributed by atoms with Gasteiger partial charge in [-0.15, -0.1) is 0 Å². The lowest BCUT2D eigenvalue weighted by Gasteiger charge is -2.12. The zero-order valence-corrected chi connectivity index (χ0v) is 13.1. The van der Waals surface area contributed by atoms with E-state index in [-0.39, 0.29) is 11.1 Å². The monoisotopic (exact) mass is 313 g/mol. The van der Waals surface area contributed by atoms with Crippen molar-refractivity contribution in [3.63, 3.8) is 0 Å². The molecule has 0 bridgehead atoms. The fourth-order valence-corrected chi connectivity index (χ4v) is 2.17. The van der Waals surface area contributed by atoms with Crippen molar-refractivity contribution in [1.29, 1.82) is 5.26 Å². The van der Waals surface area contributed by atoms with Gasteiger partial charge in [-0.3, -0.25) is 0 Å². The molecule has 0 spiro atoms. The van der Waals surface area contributed by atoms with Crippen LogP contribution < -0.4 is 14.2 Å². The Labute approximate surface area is 134 Å². The number of benzene rings is 2. The molecule has 2 aromatic carbocycles. The number of halogens is 1. The van der Waals surface area contributed by atoms with Gasteiger partial charge in [0, 0.05) is 17.2 Å². The zero-order chi connectivity index (χ0) is 16.8. The van der Waals surface area contributed by atoms with Crippen LogP contribution in [0, 0.1) is 17.1 Å². The second-order valence-corrected chi connectivity index (χ2v) is 4.60. The molecule has 0 heterocycles. The van der Waals surface area contributed by atoms with Crippen LogP contribution in [0.25, 0.3) is 11.6 Å². The molecule has 2 aromatic rings. The van der Waals surface area contributed by atoms with Gasteiger partial charge in [-0.25, -0.2) is 4.39 Å². The summed E-state index contributed by atoms with van der Waals surface area (Å²) < 4.78 is 29.7. The fourth-order valence-electron chi connectivity index (χ4n) is 2.17. The van der Waals surface area contributed by atoms with Crippen molar-refractivity contribution in [2.75, 3.05) is 21.3 Å². The molecule has 0 radical (unpaired) electrons. The summed E-state index contributed by atoms with van der Waals surface area (Å²) >= 11 is 0. The standard InChI is InChI=1S/C18H16FNO3/c1-21-16-10-18(23-3)17(22-2)9-12(16)8-13(11-20)14-6-4-5-7-15(14)19/h4-10H,1-3H3/b13-8-. The smallest absolute Gasteiger partial charge is 0.164 e.